The van der Waals surface area contributed by atoms with Crippen LogP contribution in [0.1, 0.15) is 16.8 Å². The second kappa shape index (κ2) is 7.58. The number of amides is 2. The third-order valence-corrected chi connectivity index (χ3v) is 4.94. The van der Waals surface area contributed by atoms with Crippen LogP contribution in [-0.4, -0.2) is 23.0 Å². The number of anilines is 1. The molecule has 0 saturated heterocycles. The maximum absolute atomic E-state index is 12.1. The summed E-state index contributed by atoms with van der Waals surface area (Å²) in [7, 11) is 0. The maximum Gasteiger partial charge on any atom is 0.362 e. The van der Waals surface area contributed by atoms with E-state index >= 15 is 0 Å². The normalized spacial score (nSPS) is 15.7. The van der Waals surface area contributed by atoms with Gasteiger partial charge in [-0.05, 0) is 36.4 Å². The minimum atomic E-state index is -0.712. The van der Waals surface area contributed by atoms with Crippen LogP contribution in [0.5, 0.6) is 0 Å². The van der Waals surface area contributed by atoms with Gasteiger partial charge in [-0.1, -0.05) is 23.7 Å². The van der Waals surface area contributed by atoms with E-state index in [1.54, 1.807) is 18.2 Å². The number of halogens is 1. The van der Waals surface area contributed by atoms with Gasteiger partial charge >= 0.3 is 5.97 Å². The van der Waals surface area contributed by atoms with Crippen molar-refractivity contribution in [3.8, 4) is 0 Å². The predicted octanol–water partition coefficient (Wildman–Crippen LogP) is 3.03. The van der Waals surface area contributed by atoms with Crippen molar-refractivity contribution < 1.29 is 19.2 Å². The summed E-state index contributed by atoms with van der Waals surface area (Å²) in [5.74, 6) is -1.53. The summed E-state index contributed by atoms with van der Waals surface area (Å²) < 4.78 is 0. The average Bonchev–Trinajstić information content (AvgIpc) is 2.61. The summed E-state index contributed by atoms with van der Waals surface area (Å²) in [6.45, 7) is 0. The fraction of sp³-hybridized carbons (Fsp3) is 0.118. The molecule has 1 atom stereocenters. The number of nitrogens with one attached hydrogen (secondary N) is 2. The molecule has 6 nitrogen and oxygen atoms in total. The van der Waals surface area contributed by atoms with Crippen LogP contribution in [0.4, 0.5) is 5.69 Å². The first kappa shape index (κ1) is 17.3. The van der Waals surface area contributed by atoms with Crippen LogP contribution in [0.2, 0.25) is 5.02 Å². The summed E-state index contributed by atoms with van der Waals surface area (Å²) in [5, 5.41) is 2.65. The fourth-order valence-electron chi connectivity index (χ4n) is 2.19. The largest absolute Gasteiger partial charge is 0.362 e. The van der Waals surface area contributed by atoms with E-state index in [0.717, 1.165) is 10.6 Å². The third-order valence-electron chi connectivity index (χ3n) is 3.41. The number of benzene rings is 2. The Bertz CT molecular complexity index is 826. The molecule has 0 radical (unpaired) electrons. The highest BCUT2D eigenvalue weighted by Crippen LogP contribution is 2.36. The van der Waals surface area contributed by atoms with Crippen molar-refractivity contribution >= 4 is 46.8 Å². The summed E-state index contributed by atoms with van der Waals surface area (Å²) in [6, 6.07) is 13.4. The van der Waals surface area contributed by atoms with E-state index in [4.69, 9.17) is 16.4 Å². The first-order valence-electron chi connectivity index (χ1n) is 7.35. The molecule has 0 aliphatic carbocycles. The van der Waals surface area contributed by atoms with E-state index in [2.05, 4.69) is 10.8 Å². The molecule has 0 saturated carbocycles. The Labute approximate surface area is 152 Å². The fourth-order valence-corrected chi connectivity index (χ4v) is 3.42. The minimum absolute atomic E-state index is 0.112. The first-order valence-corrected chi connectivity index (χ1v) is 8.61. The van der Waals surface area contributed by atoms with E-state index in [1.165, 1.54) is 23.9 Å². The number of carbonyl (C=O) groups is 3. The Balaban J connectivity index is 1.53. The Kier molecular flexibility index (Phi) is 5.25. The van der Waals surface area contributed by atoms with Crippen LogP contribution in [0.25, 0.3) is 0 Å². The van der Waals surface area contributed by atoms with Gasteiger partial charge < -0.3 is 10.2 Å². The molecule has 1 aliphatic heterocycles. The van der Waals surface area contributed by atoms with Crippen molar-refractivity contribution in [2.75, 3.05) is 5.32 Å². The molecular formula is C17H13ClN2O4S. The van der Waals surface area contributed by atoms with Gasteiger partial charge in [-0.3, -0.25) is 9.59 Å². The molecule has 0 unspecified atom stereocenters. The second-order valence-electron chi connectivity index (χ2n) is 5.22. The molecule has 25 heavy (non-hydrogen) atoms. The van der Waals surface area contributed by atoms with Crippen molar-refractivity contribution in [1.29, 1.82) is 0 Å². The highest BCUT2D eigenvalue weighted by atomic mass is 35.5. The topological polar surface area (TPSA) is 84.5 Å². The molecule has 0 fully saturated rings. The van der Waals surface area contributed by atoms with Gasteiger partial charge in [0.25, 0.3) is 5.91 Å². The van der Waals surface area contributed by atoms with Crippen LogP contribution in [0.15, 0.2) is 53.4 Å². The molecule has 2 N–H and O–H groups in total. The van der Waals surface area contributed by atoms with Gasteiger partial charge in [-0.2, -0.15) is 5.48 Å². The van der Waals surface area contributed by atoms with E-state index in [-0.39, 0.29) is 17.9 Å². The monoisotopic (exact) mass is 376 g/mol. The molecule has 1 heterocycles. The second-order valence-corrected chi connectivity index (χ2v) is 6.90. The number of rotatable bonds is 3. The van der Waals surface area contributed by atoms with Crippen molar-refractivity contribution in [3.63, 3.8) is 0 Å². The molecule has 2 aromatic rings. The van der Waals surface area contributed by atoms with Crippen LogP contribution < -0.4 is 10.8 Å². The highest BCUT2D eigenvalue weighted by Gasteiger charge is 2.29. The zero-order valence-corrected chi connectivity index (χ0v) is 14.4. The van der Waals surface area contributed by atoms with E-state index in [9.17, 15) is 14.4 Å². The lowest BCUT2D eigenvalue weighted by Gasteiger charge is -2.23. The van der Waals surface area contributed by atoms with Gasteiger partial charge in [0.05, 0.1) is 22.9 Å². The van der Waals surface area contributed by atoms with Crippen molar-refractivity contribution in [2.45, 2.75) is 16.6 Å². The molecular weight excluding hydrogens is 364 g/mol. The Morgan fingerprint density at radius 1 is 1.16 bits per heavy atom. The SMILES string of the molecule is O=C(C[C@H]1Sc2ccccc2NC1=O)NOC(=O)c1ccc(Cl)cc1. The molecule has 3 rings (SSSR count). The van der Waals surface area contributed by atoms with Gasteiger partial charge in [0.1, 0.15) is 0 Å². The lowest BCUT2D eigenvalue weighted by atomic mass is 10.2. The Morgan fingerprint density at radius 2 is 1.88 bits per heavy atom. The molecule has 1 aliphatic rings. The van der Waals surface area contributed by atoms with Crippen molar-refractivity contribution in [3.05, 3.63) is 59.1 Å². The molecule has 2 amide bonds. The van der Waals surface area contributed by atoms with Gasteiger partial charge in [0.15, 0.2) is 0 Å². The number of fused-ring (bicyclic) bond motifs is 1. The number of hydrogen-bond acceptors (Lipinski definition) is 5. The maximum atomic E-state index is 12.1. The third kappa shape index (κ3) is 4.32. The number of thioether (sulfide) groups is 1. The van der Waals surface area contributed by atoms with Crippen molar-refractivity contribution in [1.82, 2.24) is 5.48 Å². The Hall–Kier alpha value is -2.51. The number of hydroxylamine groups is 1. The van der Waals surface area contributed by atoms with Crippen LogP contribution in [0.3, 0.4) is 0 Å². The highest BCUT2D eigenvalue weighted by molar-refractivity contribution is 8.01. The van der Waals surface area contributed by atoms with Gasteiger partial charge in [0, 0.05) is 9.92 Å². The van der Waals surface area contributed by atoms with Crippen LogP contribution in [0, 0.1) is 0 Å². The zero-order valence-electron chi connectivity index (χ0n) is 12.8. The van der Waals surface area contributed by atoms with E-state index < -0.39 is 17.1 Å². The lowest BCUT2D eigenvalue weighted by molar-refractivity contribution is -0.131. The number of hydrogen-bond donors (Lipinski definition) is 2. The number of para-hydroxylation sites is 1. The summed E-state index contributed by atoms with van der Waals surface area (Å²) in [6.07, 6.45) is -0.112. The molecule has 8 heteroatoms. The molecule has 2 aromatic carbocycles. The first-order chi connectivity index (χ1) is 12.0. The quantitative estimate of drug-likeness (QED) is 0.804. The van der Waals surface area contributed by atoms with E-state index in [1.807, 2.05) is 18.2 Å². The zero-order chi connectivity index (χ0) is 17.8. The number of carbonyl (C=O) groups excluding carboxylic acids is 3. The minimum Gasteiger partial charge on any atom is -0.335 e. The standard InChI is InChI=1S/C17H13ClN2O4S/c18-11-7-5-10(6-8-11)17(23)24-20-15(21)9-14-16(22)19-12-3-1-2-4-13(12)25-14/h1-8,14H,9H2,(H,19,22)(H,20,21)/t14-/m1/s1. The predicted molar refractivity (Wildman–Crippen MR) is 94.3 cm³/mol. The van der Waals surface area contributed by atoms with Gasteiger partial charge in [0.2, 0.25) is 5.91 Å². The Morgan fingerprint density at radius 3 is 2.64 bits per heavy atom. The van der Waals surface area contributed by atoms with E-state index in [0.29, 0.717) is 5.02 Å². The van der Waals surface area contributed by atoms with Gasteiger partial charge in [-0.15, -0.1) is 11.8 Å². The molecule has 0 bridgehead atoms. The smallest absolute Gasteiger partial charge is 0.335 e. The summed E-state index contributed by atoms with van der Waals surface area (Å²) >= 11 is 7.04. The van der Waals surface area contributed by atoms with Crippen LogP contribution in [-0.2, 0) is 14.4 Å². The van der Waals surface area contributed by atoms with Crippen LogP contribution >= 0.6 is 23.4 Å². The van der Waals surface area contributed by atoms with Gasteiger partial charge in [-0.25, -0.2) is 4.79 Å². The van der Waals surface area contributed by atoms with Crippen molar-refractivity contribution in [2.24, 2.45) is 0 Å². The molecule has 0 aromatic heterocycles. The molecule has 0 spiro atoms. The summed E-state index contributed by atoms with van der Waals surface area (Å²) in [4.78, 5) is 41.5. The summed E-state index contributed by atoms with van der Waals surface area (Å²) in [5.41, 5.74) is 3.05. The average molecular weight is 377 g/mol. The lowest BCUT2D eigenvalue weighted by Crippen LogP contribution is -2.35. The molecule has 128 valence electrons.